The molecule has 7 heteroatoms. The second-order valence-electron chi connectivity index (χ2n) is 7.38. The number of anilines is 1. The molecule has 0 saturated carbocycles. The van der Waals surface area contributed by atoms with Crippen molar-refractivity contribution in [2.24, 2.45) is 4.99 Å². The first kappa shape index (κ1) is 22.3. The van der Waals surface area contributed by atoms with Crippen molar-refractivity contribution in [3.63, 3.8) is 0 Å². The summed E-state index contributed by atoms with van der Waals surface area (Å²) < 4.78 is 4.72. The summed E-state index contributed by atoms with van der Waals surface area (Å²) in [5.41, 5.74) is 3.72. The van der Waals surface area contributed by atoms with Crippen molar-refractivity contribution < 1.29 is 14.3 Å². The highest BCUT2D eigenvalue weighted by Gasteiger charge is 2.21. The Kier molecular flexibility index (Phi) is 8.04. The molecule has 1 aliphatic heterocycles. The number of nitrogens with zero attached hydrogens (tertiary/aromatic N) is 2. The lowest BCUT2D eigenvalue weighted by Crippen LogP contribution is -2.38. The number of benzene rings is 2. The van der Waals surface area contributed by atoms with Gasteiger partial charge in [-0.05, 0) is 55.2 Å². The fourth-order valence-electron chi connectivity index (χ4n) is 3.47. The summed E-state index contributed by atoms with van der Waals surface area (Å²) in [5, 5.41) is 6.60. The highest BCUT2D eigenvalue weighted by atomic mass is 16.5. The van der Waals surface area contributed by atoms with Crippen LogP contribution in [0.5, 0.6) is 0 Å². The van der Waals surface area contributed by atoms with E-state index >= 15 is 0 Å². The number of nitrogens with one attached hydrogen (secondary N) is 2. The minimum absolute atomic E-state index is 0.198. The lowest BCUT2D eigenvalue weighted by molar-refractivity contribution is -0.117. The van der Waals surface area contributed by atoms with Gasteiger partial charge < -0.3 is 20.3 Å². The predicted octanol–water partition coefficient (Wildman–Crippen LogP) is 2.90. The van der Waals surface area contributed by atoms with E-state index in [4.69, 9.17) is 4.74 Å². The number of guanidine groups is 1. The van der Waals surface area contributed by atoms with Crippen LogP contribution in [-0.4, -0.2) is 44.6 Å². The first-order chi connectivity index (χ1) is 15.1. The van der Waals surface area contributed by atoms with Crippen LogP contribution >= 0.6 is 0 Å². The van der Waals surface area contributed by atoms with E-state index in [9.17, 15) is 9.59 Å². The van der Waals surface area contributed by atoms with Gasteiger partial charge in [-0.2, -0.15) is 0 Å². The number of esters is 1. The van der Waals surface area contributed by atoms with Crippen LogP contribution in [0.4, 0.5) is 5.69 Å². The smallest absolute Gasteiger partial charge is 0.337 e. The zero-order chi connectivity index (χ0) is 22.1. The Bertz CT molecular complexity index is 907. The normalized spacial score (nSPS) is 13.9. The lowest BCUT2D eigenvalue weighted by Gasteiger charge is -2.16. The van der Waals surface area contributed by atoms with Gasteiger partial charge in [-0.25, -0.2) is 9.79 Å². The molecule has 31 heavy (non-hydrogen) atoms. The van der Waals surface area contributed by atoms with Gasteiger partial charge in [0.05, 0.1) is 19.2 Å². The molecule has 1 amide bonds. The van der Waals surface area contributed by atoms with Gasteiger partial charge in [0.2, 0.25) is 5.91 Å². The van der Waals surface area contributed by atoms with Gasteiger partial charge >= 0.3 is 5.97 Å². The van der Waals surface area contributed by atoms with E-state index in [-0.39, 0.29) is 11.9 Å². The summed E-state index contributed by atoms with van der Waals surface area (Å²) >= 11 is 0. The van der Waals surface area contributed by atoms with Gasteiger partial charge in [0.25, 0.3) is 0 Å². The van der Waals surface area contributed by atoms with Crippen LogP contribution in [0, 0.1) is 0 Å². The zero-order valence-corrected chi connectivity index (χ0v) is 18.2. The third-order valence-electron chi connectivity index (χ3n) is 5.17. The van der Waals surface area contributed by atoms with E-state index in [0.717, 1.165) is 55.2 Å². The second-order valence-corrected chi connectivity index (χ2v) is 7.38. The van der Waals surface area contributed by atoms with Crippen LogP contribution < -0.4 is 15.5 Å². The first-order valence-electron chi connectivity index (χ1n) is 10.7. The third kappa shape index (κ3) is 6.31. The number of rotatable bonds is 8. The summed E-state index contributed by atoms with van der Waals surface area (Å²) in [6, 6.07) is 15.5. The predicted molar refractivity (Wildman–Crippen MR) is 122 cm³/mol. The summed E-state index contributed by atoms with van der Waals surface area (Å²) in [5.74, 6) is 0.628. The molecule has 0 spiro atoms. The van der Waals surface area contributed by atoms with E-state index in [1.807, 2.05) is 48.2 Å². The van der Waals surface area contributed by atoms with Crippen LogP contribution in [0.1, 0.15) is 41.3 Å². The fraction of sp³-hybridized carbons (Fsp3) is 0.375. The number of carbonyl (C=O) groups excluding carboxylic acids is 2. The van der Waals surface area contributed by atoms with Crippen LogP contribution in [-0.2, 0) is 22.5 Å². The fourth-order valence-corrected chi connectivity index (χ4v) is 3.47. The van der Waals surface area contributed by atoms with Gasteiger partial charge in [-0.15, -0.1) is 0 Å². The van der Waals surface area contributed by atoms with Crippen molar-refractivity contribution >= 4 is 23.5 Å². The molecule has 0 aromatic heterocycles. The van der Waals surface area contributed by atoms with Gasteiger partial charge in [-0.1, -0.05) is 24.3 Å². The minimum atomic E-state index is -0.327. The van der Waals surface area contributed by atoms with Gasteiger partial charge in [0.1, 0.15) is 0 Å². The summed E-state index contributed by atoms with van der Waals surface area (Å²) in [6.45, 7) is 4.88. The van der Waals surface area contributed by atoms with E-state index in [2.05, 4.69) is 15.6 Å². The number of methoxy groups -OCH3 is 1. The largest absolute Gasteiger partial charge is 0.465 e. The summed E-state index contributed by atoms with van der Waals surface area (Å²) in [6.07, 6.45) is 2.38. The molecular formula is C24H30N4O3. The maximum absolute atomic E-state index is 11.9. The third-order valence-corrected chi connectivity index (χ3v) is 5.17. The summed E-state index contributed by atoms with van der Waals surface area (Å²) in [7, 11) is 1.38. The summed E-state index contributed by atoms with van der Waals surface area (Å²) in [4.78, 5) is 29.9. The SMILES string of the molecule is CCNC(=NCc1ccc(N2CCCC2=O)cc1)NCCc1ccc(C(=O)OC)cc1. The molecule has 1 aliphatic rings. The van der Waals surface area contributed by atoms with E-state index in [1.165, 1.54) is 7.11 Å². The number of aliphatic imine (C=N–C) groups is 1. The quantitative estimate of drug-likeness (QED) is 0.388. The van der Waals surface area contributed by atoms with E-state index < -0.39 is 0 Å². The Morgan fingerprint density at radius 3 is 2.39 bits per heavy atom. The first-order valence-corrected chi connectivity index (χ1v) is 10.7. The Labute approximate surface area is 183 Å². The molecule has 0 aliphatic carbocycles. The molecule has 2 N–H and O–H groups in total. The Morgan fingerprint density at radius 1 is 1.06 bits per heavy atom. The average Bonchev–Trinajstić information content (AvgIpc) is 3.23. The molecule has 0 bridgehead atoms. The zero-order valence-electron chi connectivity index (χ0n) is 18.2. The molecule has 2 aromatic rings. The highest BCUT2D eigenvalue weighted by molar-refractivity contribution is 5.95. The Hall–Kier alpha value is -3.35. The van der Waals surface area contributed by atoms with Gasteiger partial charge in [-0.3, -0.25) is 4.79 Å². The van der Waals surface area contributed by atoms with Crippen LogP contribution in [0.25, 0.3) is 0 Å². The van der Waals surface area contributed by atoms with Crippen molar-refractivity contribution in [2.75, 3.05) is 31.6 Å². The van der Waals surface area contributed by atoms with Gasteiger partial charge in [0.15, 0.2) is 5.96 Å². The molecule has 0 atom stereocenters. The number of amides is 1. The molecular weight excluding hydrogens is 392 g/mol. The number of hydrogen-bond acceptors (Lipinski definition) is 4. The minimum Gasteiger partial charge on any atom is -0.465 e. The maximum Gasteiger partial charge on any atom is 0.337 e. The van der Waals surface area contributed by atoms with Crippen LogP contribution in [0.15, 0.2) is 53.5 Å². The van der Waals surface area contributed by atoms with E-state index in [1.54, 1.807) is 12.1 Å². The standard InChI is InChI=1S/C24H30N4O3/c1-3-25-24(26-15-14-18-6-10-20(11-7-18)23(30)31-2)27-17-19-8-12-21(13-9-19)28-16-4-5-22(28)29/h6-13H,3-5,14-17H2,1-2H3,(H2,25,26,27). The van der Waals surface area contributed by atoms with Crippen LogP contribution in [0.2, 0.25) is 0 Å². The highest BCUT2D eigenvalue weighted by Crippen LogP contribution is 2.21. The molecule has 0 radical (unpaired) electrons. The molecule has 0 unspecified atom stereocenters. The molecule has 2 aromatic carbocycles. The Balaban J connectivity index is 1.51. The van der Waals surface area contributed by atoms with Gasteiger partial charge in [0, 0.05) is 31.7 Å². The number of hydrogen-bond donors (Lipinski definition) is 2. The molecule has 1 saturated heterocycles. The number of ether oxygens (including phenoxy) is 1. The second kappa shape index (κ2) is 11.2. The molecule has 7 nitrogen and oxygen atoms in total. The monoisotopic (exact) mass is 422 g/mol. The average molecular weight is 423 g/mol. The molecule has 1 heterocycles. The van der Waals surface area contributed by atoms with Crippen molar-refractivity contribution in [3.05, 3.63) is 65.2 Å². The topological polar surface area (TPSA) is 83.0 Å². The van der Waals surface area contributed by atoms with Crippen molar-refractivity contribution in [3.8, 4) is 0 Å². The lowest BCUT2D eigenvalue weighted by atomic mass is 10.1. The molecule has 1 fully saturated rings. The Morgan fingerprint density at radius 2 is 1.77 bits per heavy atom. The molecule has 164 valence electrons. The van der Waals surface area contributed by atoms with Crippen molar-refractivity contribution in [1.82, 2.24) is 10.6 Å². The van der Waals surface area contributed by atoms with Crippen LogP contribution in [0.3, 0.4) is 0 Å². The maximum atomic E-state index is 11.9. The van der Waals surface area contributed by atoms with Crippen molar-refractivity contribution in [1.29, 1.82) is 0 Å². The molecule has 3 rings (SSSR count). The van der Waals surface area contributed by atoms with E-state index in [0.29, 0.717) is 18.5 Å². The van der Waals surface area contributed by atoms with Crippen molar-refractivity contribution in [2.45, 2.75) is 32.7 Å². The number of carbonyl (C=O) groups is 2.